The van der Waals surface area contributed by atoms with Gasteiger partial charge in [-0.1, -0.05) is 38.3 Å². The van der Waals surface area contributed by atoms with Crippen LogP contribution in [0.2, 0.25) is 0 Å². The van der Waals surface area contributed by atoms with Crippen LogP contribution in [0.1, 0.15) is 64.7 Å². The summed E-state index contributed by atoms with van der Waals surface area (Å²) in [6, 6.07) is 0. The highest BCUT2D eigenvalue weighted by Crippen LogP contribution is 2.19. The molecule has 0 atom stereocenters. The molecule has 1 aliphatic carbocycles. The molecule has 0 aliphatic heterocycles. The fourth-order valence-corrected chi connectivity index (χ4v) is 2.47. The second-order valence-electron chi connectivity index (χ2n) is 5.68. The Kier molecular flexibility index (Phi) is 9.20. The van der Waals surface area contributed by atoms with Crippen molar-refractivity contribution >= 4 is 11.6 Å². The lowest BCUT2D eigenvalue weighted by Crippen LogP contribution is -2.15. The predicted octanol–water partition coefficient (Wildman–Crippen LogP) is 4.68. The van der Waals surface area contributed by atoms with Gasteiger partial charge in [0.05, 0.1) is 7.11 Å². The normalized spacial score (nSPS) is 15.2. The van der Waals surface area contributed by atoms with E-state index in [1.165, 1.54) is 51.4 Å². The molecule has 0 spiro atoms. The lowest BCUT2D eigenvalue weighted by atomic mass is 9.96. The van der Waals surface area contributed by atoms with Crippen molar-refractivity contribution in [1.82, 2.24) is 0 Å². The molecule has 3 nitrogen and oxygen atoms in total. The first-order valence-electron chi connectivity index (χ1n) is 8.39. The van der Waals surface area contributed by atoms with Crippen LogP contribution in [0.4, 0.5) is 0 Å². The summed E-state index contributed by atoms with van der Waals surface area (Å²) in [5.41, 5.74) is 0.577. The highest BCUT2D eigenvalue weighted by atomic mass is 16.5. The SMILES string of the molecule is CCCCCC/C=C\CCCCC1=CC(=O)C=C(OC)C1=O. The summed E-state index contributed by atoms with van der Waals surface area (Å²) in [6.45, 7) is 2.22. The number of methoxy groups -OCH3 is 1. The van der Waals surface area contributed by atoms with Crippen molar-refractivity contribution < 1.29 is 14.3 Å². The van der Waals surface area contributed by atoms with Gasteiger partial charge in [0.1, 0.15) is 0 Å². The molecule has 22 heavy (non-hydrogen) atoms. The van der Waals surface area contributed by atoms with Gasteiger partial charge in [-0.15, -0.1) is 0 Å². The zero-order valence-corrected chi connectivity index (χ0v) is 13.9. The van der Waals surface area contributed by atoms with Gasteiger partial charge in [-0.25, -0.2) is 0 Å². The van der Waals surface area contributed by atoms with E-state index in [0.29, 0.717) is 12.0 Å². The molecule has 0 fully saturated rings. The van der Waals surface area contributed by atoms with Crippen LogP contribution in [0.15, 0.2) is 35.6 Å². The Balaban J connectivity index is 2.16. The van der Waals surface area contributed by atoms with E-state index < -0.39 is 0 Å². The van der Waals surface area contributed by atoms with E-state index in [2.05, 4.69) is 19.1 Å². The Morgan fingerprint density at radius 3 is 2.27 bits per heavy atom. The lowest BCUT2D eigenvalue weighted by Gasteiger charge is -2.12. The molecule has 0 aromatic carbocycles. The smallest absolute Gasteiger partial charge is 0.223 e. The van der Waals surface area contributed by atoms with Crippen molar-refractivity contribution in [2.75, 3.05) is 7.11 Å². The molecule has 1 aliphatic rings. The van der Waals surface area contributed by atoms with Crippen molar-refractivity contribution in [2.45, 2.75) is 64.7 Å². The highest BCUT2D eigenvalue weighted by Gasteiger charge is 2.21. The molecule has 0 amide bonds. The number of carbonyl (C=O) groups is 2. The molecule has 122 valence electrons. The van der Waals surface area contributed by atoms with Crippen LogP contribution < -0.4 is 0 Å². The average Bonchev–Trinajstić information content (AvgIpc) is 2.52. The van der Waals surface area contributed by atoms with Gasteiger partial charge in [-0.05, 0) is 44.6 Å². The van der Waals surface area contributed by atoms with Gasteiger partial charge in [-0.3, -0.25) is 9.59 Å². The second-order valence-corrected chi connectivity index (χ2v) is 5.68. The number of allylic oxidation sites excluding steroid dienone is 5. The number of Topliss-reactive ketones (excluding diaryl/α,β-unsaturated/α-hetero) is 1. The molecule has 0 radical (unpaired) electrons. The molecule has 0 saturated carbocycles. The standard InChI is InChI=1S/C19H28O3/c1-3-4-5-6-7-8-9-10-11-12-13-16-14-17(20)15-18(22-2)19(16)21/h8-9,14-15H,3-7,10-13H2,1-2H3/b9-8-. The van der Waals surface area contributed by atoms with Crippen molar-refractivity contribution in [3.05, 3.63) is 35.6 Å². The summed E-state index contributed by atoms with van der Waals surface area (Å²) >= 11 is 0. The van der Waals surface area contributed by atoms with Gasteiger partial charge < -0.3 is 4.74 Å². The number of ketones is 2. The van der Waals surface area contributed by atoms with Gasteiger partial charge in [0.2, 0.25) is 5.78 Å². The fourth-order valence-electron chi connectivity index (χ4n) is 2.47. The topological polar surface area (TPSA) is 43.4 Å². The monoisotopic (exact) mass is 304 g/mol. The van der Waals surface area contributed by atoms with E-state index in [-0.39, 0.29) is 17.3 Å². The first-order valence-corrected chi connectivity index (χ1v) is 8.39. The fraction of sp³-hybridized carbons (Fsp3) is 0.579. The maximum absolute atomic E-state index is 12.0. The van der Waals surface area contributed by atoms with Crippen molar-refractivity contribution in [1.29, 1.82) is 0 Å². The molecule has 0 aromatic rings. The Morgan fingerprint density at radius 2 is 1.64 bits per heavy atom. The molecule has 0 heterocycles. The minimum absolute atomic E-state index is 0.145. The number of hydrogen-bond donors (Lipinski definition) is 0. The van der Waals surface area contributed by atoms with Crippen LogP contribution in [0.5, 0.6) is 0 Å². The van der Waals surface area contributed by atoms with Gasteiger partial charge in [0, 0.05) is 11.6 Å². The minimum atomic E-state index is -0.154. The number of hydrogen-bond acceptors (Lipinski definition) is 3. The van der Waals surface area contributed by atoms with Crippen LogP contribution >= 0.6 is 0 Å². The molecule has 0 aromatic heterocycles. The number of rotatable bonds is 11. The van der Waals surface area contributed by atoms with Crippen LogP contribution in [0.25, 0.3) is 0 Å². The van der Waals surface area contributed by atoms with E-state index in [9.17, 15) is 9.59 Å². The Morgan fingerprint density at radius 1 is 0.955 bits per heavy atom. The summed E-state index contributed by atoms with van der Waals surface area (Å²) in [5.74, 6) is -0.138. The van der Waals surface area contributed by atoms with E-state index in [1.807, 2.05) is 0 Å². The zero-order chi connectivity index (χ0) is 16.2. The molecular weight excluding hydrogens is 276 g/mol. The maximum Gasteiger partial charge on any atom is 0.223 e. The number of unbranched alkanes of at least 4 members (excludes halogenated alkanes) is 6. The minimum Gasteiger partial charge on any atom is -0.493 e. The molecule has 0 saturated heterocycles. The summed E-state index contributed by atoms with van der Waals surface area (Å²) in [6.07, 6.45) is 17.2. The van der Waals surface area contributed by atoms with Gasteiger partial charge in [0.25, 0.3) is 0 Å². The first-order chi connectivity index (χ1) is 10.7. The highest BCUT2D eigenvalue weighted by molar-refractivity contribution is 6.19. The van der Waals surface area contributed by atoms with Crippen LogP contribution in [0.3, 0.4) is 0 Å². The van der Waals surface area contributed by atoms with Crippen LogP contribution in [-0.2, 0) is 14.3 Å². The third kappa shape index (κ3) is 6.88. The van der Waals surface area contributed by atoms with E-state index in [0.717, 1.165) is 19.3 Å². The molecule has 1 rings (SSSR count). The molecule has 0 bridgehead atoms. The van der Waals surface area contributed by atoms with Gasteiger partial charge in [-0.2, -0.15) is 0 Å². The second kappa shape index (κ2) is 11.0. The maximum atomic E-state index is 12.0. The largest absolute Gasteiger partial charge is 0.493 e. The average molecular weight is 304 g/mol. The van der Waals surface area contributed by atoms with Crippen LogP contribution in [-0.4, -0.2) is 18.7 Å². The van der Waals surface area contributed by atoms with Crippen molar-refractivity contribution in [3.63, 3.8) is 0 Å². The number of carbonyl (C=O) groups excluding carboxylic acids is 2. The van der Waals surface area contributed by atoms with Crippen molar-refractivity contribution in [2.24, 2.45) is 0 Å². The Hall–Kier alpha value is -1.64. The summed E-state index contributed by atoms with van der Waals surface area (Å²) in [5, 5.41) is 0. The lowest BCUT2D eigenvalue weighted by molar-refractivity contribution is -0.117. The molecule has 0 N–H and O–H groups in total. The van der Waals surface area contributed by atoms with E-state index in [4.69, 9.17) is 4.74 Å². The van der Waals surface area contributed by atoms with Crippen LogP contribution in [0, 0.1) is 0 Å². The van der Waals surface area contributed by atoms with E-state index >= 15 is 0 Å². The third-order valence-corrected chi connectivity index (χ3v) is 3.78. The third-order valence-electron chi connectivity index (χ3n) is 3.78. The Labute approximate surface area is 134 Å². The quantitative estimate of drug-likeness (QED) is 0.316. The predicted molar refractivity (Wildman–Crippen MR) is 89.6 cm³/mol. The molecule has 3 heteroatoms. The summed E-state index contributed by atoms with van der Waals surface area (Å²) in [4.78, 5) is 23.4. The molecular formula is C19H28O3. The first kappa shape index (κ1) is 18.4. The van der Waals surface area contributed by atoms with Crippen molar-refractivity contribution in [3.8, 4) is 0 Å². The van der Waals surface area contributed by atoms with E-state index in [1.54, 1.807) is 0 Å². The zero-order valence-electron chi connectivity index (χ0n) is 13.9. The summed E-state index contributed by atoms with van der Waals surface area (Å²) in [7, 11) is 1.42. The summed E-state index contributed by atoms with van der Waals surface area (Å²) < 4.78 is 4.94. The Bertz CT molecular complexity index is 455. The van der Waals surface area contributed by atoms with Gasteiger partial charge in [0.15, 0.2) is 11.5 Å². The van der Waals surface area contributed by atoms with Gasteiger partial charge >= 0.3 is 0 Å². The molecule has 0 unspecified atom stereocenters. The number of ether oxygens (including phenoxy) is 1.